The second-order valence-electron chi connectivity index (χ2n) is 8.20. The molecule has 0 aliphatic heterocycles. The Balaban J connectivity index is 1.93. The summed E-state index contributed by atoms with van der Waals surface area (Å²) in [4.78, 5) is 13.4. The Hall–Kier alpha value is -3.56. The molecule has 4 aromatic carbocycles. The van der Waals surface area contributed by atoms with Gasteiger partial charge in [-0.05, 0) is 59.7 Å². The second-order valence-corrected chi connectivity index (χ2v) is 10.6. The highest BCUT2D eigenvalue weighted by Crippen LogP contribution is 2.40. The van der Waals surface area contributed by atoms with Crippen LogP contribution in [0.5, 0.6) is 11.5 Å². The lowest BCUT2D eigenvalue weighted by atomic mass is 10.1. The van der Waals surface area contributed by atoms with Crippen LogP contribution >= 0.6 is 23.2 Å². The van der Waals surface area contributed by atoms with Gasteiger partial charge in [-0.25, -0.2) is 18.4 Å². The Bertz CT molecular complexity index is 1460. The molecular formula is C27H22Cl2N2O5S. The topological polar surface area (TPSA) is 110 Å². The average molecular weight is 557 g/mol. The highest BCUT2D eigenvalue weighted by molar-refractivity contribution is 7.89. The maximum Gasteiger partial charge on any atom is 0.335 e. The second kappa shape index (κ2) is 11.2. The molecule has 0 saturated carbocycles. The molecule has 0 heterocycles. The summed E-state index contributed by atoms with van der Waals surface area (Å²) in [5, 5.41) is 16.4. The normalized spacial score (nSPS) is 11.2. The van der Waals surface area contributed by atoms with E-state index in [4.69, 9.17) is 33.1 Å². The van der Waals surface area contributed by atoms with Crippen LogP contribution in [0, 0.1) is 0 Å². The van der Waals surface area contributed by atoms with E-state index in [-0.39, 0.29) is 30.1 Å². The van der Waals surface area contributed by atoms with Crippen molar-refractivity contribution in [1.82, 2.24) is 0 Å². The van der Waals surface area contributed by atoms with E-state index in [0.717, 1.165) is 17.2 Å². The van der Waals surface area contributed by atoms with Gasteiger partial charge < -0.3 is 14.7 Å². The van der Waals surface area contributed by atoms with Crippen molar-refractivity contribution in [2.75, 3.05) is 4.90 Å². The zero-order chi connectivity index (χ0) is 26.6. The van der Waals surface area contributed by atoms with Gasteiger partial charge in [0, 0.05) is 23.1 Å². The van der Waals surface area contributed by atoms with Gasteiger partial charge in [-0.3, -0.25) is 0 Å². The van der Waals surface area contributed by atoms with Crippen molar-refractivity contribution in [3.05, 3.63) is 118 Å². The van der Waals surface area contributed by atoms with Gasteiger partial charge in [0.2, 0.25) is 10.0 Å². The van der Waals surface area contributed by atoms with Crippen molar-refractivity contribution in [2.24, 2.45) is 5.14 Å². The number of primary sulfonamides is 1. The fraction of sp³-hybridized carbons (Fsp3) is 0.0741. The van der Waals surface area contributed by atoms with Gasteiger partial charge in [0.05, 0.1) is 11.3 Å². The molecule has 0 unspecified atom stereocenters. The number of aromatic carboxylic acids is 1. The molecule has 7 nitrogen and oxygen atoms in total. The molecule has 0 aliphatic rings. The van der Waals surface area contributed by atoms with Crippen molar-refractivity contribution >= 4 is 44.9 Å². The number of hydrogen-bond acceptors (Lipinski definition) is 5. The number of benzene rings is 4. The van der Waals surface area contributed by atoms with E-state index >= 15 is 0 Å². The summed E-state index contributed by atoms with van der Waals surface area (Å²) < 4.78 is 31.3. The molecule has 0 atom stereocenters. The number of carboxylic acid groups (broad SMARTS) is 1. The van der Waals surface area contributed by atoms with Gasteiger partial charge in [-0.15, -0.1) is 0 Å². The third kappa shape index (κ3) is 6.81. The first-order valence-electron chi connectivity index (χ1n) is 11.0. The van der Waals surface area contributed by atoms with Crippen molar-refractivity contribution < 1.29 is 23.1 Å². The van der Waals surface area contributed by atoms with Gasteiger partial charge in [-0.2, -0.15) is 0 Å². The zero-order valence-electron chi connectivity index (χ0n) is 19.3. The molecule has 4 rings (SSSR count). The lowest BCUT2D eigenvalue weighted by Crippen LogP contribution is -2.24. The van der Waals surface area contributed by atoms with E-state index in [0.29, 0.717) is 15.8 Å². The molecule has 190 valence electrons. The summed E-state index contributed by atoms with van der Waals surface area (Å²) in [6.45, 7) is 0.552. The fourth-order valence-electron chi connectivity index (χ4n) is 3.71. The molecule has 0 fully saturated rings. The summed E-state index contributed by atoms with van der Waals surface area (Å²) in [6.07, 6.45) is 0. The molecule has 0 spiro atoms. The molecular weight excluding hydrogens is 535 g/mol. The number of hydrogen-bond donors (Lipinski definition) is 2. The highest BCUT2D eigenvalue weighted by Gasteiger charge is 2.26. The van der Waals surface area contributed by atoms with Gasteiger partial charge >= 0.3 is 5.97 Å². The van der Waals surface area contributed by atoms with E-state index < -0.39 is 20.9 Å². The van der Waals surface area contributed by atoms with Crippen molar-refractivity contribution in [3.8, 4) is 11.5 Å². The highest BCUT2D eigenvalue weighted by atomic mass is 35.5. The van der Waals surface area contributed by atoms with Crippen LogP contribution in [0.1, 0.15) is 21.5 Å². The van der Waals surface area contributed by atoms with Gasteiger partial charge in [0.15, 0.2) is 5.75 Å². The first-order valence-corrected chi connectivity index (χ1v) is 13.3. The Labute approximate surface area is 224 Å². The van der Waals surface area contributed by atoms with E-state index in [1.165, 1.54) is 6.07 Å². The van der Waals surface area contributed by atoms with Crippen molar-refractivity contribution in [2.45, 2.75) is 18.0 Å². The minimum absolute atomic E-state index is 0.0818. The first-order chi connectivity index (χ1) is 17.6. The monoisotopic (exact) mass is 556 g/mol. The SMILES string of the molecule is NS(=O)(=O)c1cc(C(=O)O)cc(N(Cc2ccc(Cl)cc2)Cc2ccc(Cl)cc2)c1Oc1ccccc1. The van der Waals surface area contributed by atoms with E-state index in [2.05, 4.69) is 0 Å². The standard InChI is InChI=1S/C27H22Cl2N2O5S/c28-21-10-6-18(7-11-21)16-31(17-19-8-12-22(29)13-9-19)24-14-20(27(32)33)15-25(37(30,34)35)26(24)36-23-4-2-1-3-5-23/h1-15H,16-17H2,(H,32,33)(H2,30,34,35). The largest absolute Gasteiger partial charge is 0.478 e. The Morgan fingerprint density at radius 1 is 0.838 bits per heavy atom. The molecule has 0 aliphatic carbocycles. The molecule has 0 bridgehead atoms. The van der Waals surface area contributed by atoms with Crippen LogP contribution in [0.15, 0.2) is 95.9 Å². The van der Waals surface area contributed by atoms with Crippen LogP contribution in [0.4, 0.5) is 5.69 Å². The maximum atomic E-state index is 12.6. The average Bonchev–Trinajstić information content (AvgIpc) is 2.86. The van der Waals surface area contributed by atoms with Gasteiger partial charge in [-0.1, -0.05) is 65.7 Å². The number of carbonyl (C=O) groups is 1. The number of anilines is 1. The third-order valence-corrected chi connectivity index (χ3v) is 6.89. The minimum atomic E-state index is -4.37. The Morgan fingerprint density at radius 3 is 1.81 bits per heavy atom. The third-order valence-electron chi connectivity index (χ3n) is 5.47. The quantitative estimate of drug-likeness (QED) is 0.249. The molecule has 37 heavy (non-hydrogen) atoms. The molecule has 0 aromatic heterocycles. The lowest BCUT2D eigenvalue weighted by molar-refractivity contribution is 0.0696. The number of ether oxygens (including phenoxy) is 1. The summed E-state index contributed by atoms with van der Waals surface area (Å²) in [5.74, 6) is -1.04. The van der Waals surface area contributed by atoms with Crippen LogP contribution in [-0.4, -0.2) is 19.5 Å². The fourth-order valence-corrected chi connectivity index (χ4v) is 4.66. The number of nitrogens with zero attached hydrogens (tertiary/aromatic N) is 1. The summed E-state index contributed by atoms with van der Waals surface area (Å²) in [6, 6.07) is 25.2. The number of para-hydroxylation sites is 1. The number of sulfonamides is 1. The van der Waals surface area contributed by atoms with E-state index in [1.54, 1.807) is 54.6 Å². The molecule has 4 aromatic rings. The summed E-state index contributed by atoms with van der Waals surface area (Å²) in [7, 11) is -4.37. The first kappa shape index (κ1) is 26.5. The molecule has 0 amide bonds. The van der Waals surface area contributed by atoms with E-state index in [1.807, 2.05) is 29.2 Å². The zero-order valence-corrected chi connectivity index (χ0v) is 21.7. The van der Waals surface area contributed by atoms with Crippen LogP contribution in [0.25, 0.3) is 0 Å². The molecule has 0 saturated heterocycles. The van der Waals surface area contributed by atoms with Crippen LogP contribution in [0.3, 0.4) is 0 Å². The van der Waals surface area contributed by atoms with Crippen LogP contribution in [-0.2, 0) is 23.1 Å². The van der Waals surface area contributed by atoms with Crippen molar-refractivity contribution in [3.63, 3.8) is 0 Å². The number of nitrogens with two attached hydrogens (primary N) is 1. The summed E-state index contributed by atoms with van der Waals surface area (Å²) >= 11 is 12.1. The predicted octanol–water partition coefficient (Wildman–Crippen LogP) is 6.34. The summed E-state index contributed by atoms with van der Waals surface area (Å²) in [5.41, 5.74) is 1.68. The van der Waals surface area contributed by atoms with Gasteiger partial charge in [0.25, 0.3) is 0 Å². The predicted molar refractivity (Wildman–Crippen MR) is 144 cm³/mol. The Kier molecular flexibility index (Phi) is 8.04. The molecule has 3 N–H and O–H groups in total. The van der Waals surface area contributed by atoms with E-state index in [9.17, 15) is 18.3 Å². The lowest BCUT2D eigenvalue weighted by Gasteiger charge is -2.28. The number of halogens is 2. The smallest absolute Gasteiger partial charge is 0.335 e. The van der Waals surface area contributed by atoms with Crippen LogP contribution < -0.4 is 14.8 Å². The molecule has 10 heteroatoms. The maximum absolute atomic E-state index is 12.6. The van der Waals surface area contributed by atoms with Crippen molar-refractivity contribution in [1.29, 1.82) is 0 Å². The minimum Gasteiger partial charge on any atom is -0.478 e. The van der Waals surface area contributed by atoms with Gasteiger partial charge in [0.1, 0.15) is 10.6 Å². The molecule has 0 radical (unpaired) electrons. The number of carboxylic acids is 1. The Morgan fingerprint density at radius 2 is 1.35 bits per heavy atom. The number of rotatable bonds is 9. The van der Waals surface area contributed by atoms with Crippen LogP contribution in [0.2, 0.25) is 10.0 Å².